The van der Waals surface area contributed by atoms with Gasteiger partial charge in [-0.25, -0.2) is 13.8 Å². The van der Waals surface area contributed by atoms with Crippen molar-refractivity contribution in [2.75, 3.05) is 7.11 Å². The van der Waals surface area contributed by atoms with Crippen LogP contribution >= 0.6 is 11.6 Å². The minimum Gasteiger partial charge on any atom is -0.497 e. The summed E-state index contributed by atoms with van der Waals surface area (Å²) in [5, 5.41) is 4.38. The van der Waals surface area contributed by atoms with Gasteiger partial charge in [-0.2, -0.15) is 9.41 Å². The molecule has 1 amide bonds. The minimum absolute atomic E-state index is 0.00803. The molecule has 3 aromatic carbocycles. The first-order chi connectivity index (χ1) is 17.8. The number of carbonyl (C=O) groups is 1. The fourth-order valence-electron chi connectivity index (χ4n) is 3.45. The number of benzene rings is 3. The standard InChI is InChI=1S/C27H24ClN3O5S/c1-35-23-11-7-21(8-12-23)27(32)30-29-17-24-13-14-25(36-24)19-31(18-20-5-3-2-4-6-20)37(33,34)26-15-9-22(28)10-16-26/h2-17H,18-19H2,1H3,(H,30,32)/b29-17-. The molecule has 0 unspecified atom stereocenters. The lowest BCUT2D eigenvalue weighted by Crippen LogP contribution is -2.30. The zero-order chi connectivity index (χ0) is 26.3. The fraction of sp³-hybridized carbons (Fsp3) is 0.111. The van der Waals surface area contributed by atoms with Crippen molar-refractivity contribution in [2.45, 2.75) is 18.0 Å². The number of hydrazone groups is 1. The Bertz CT molecular complexity index is 1470. The van der Waals surface area contributed by atoms with Crippen molar-refractivity contribution >= 4 is 33.7 Å². The third-order valence-electron chi connectivity index (χ3n) is 5.38. The molecule has 0 aliphatic carbocycles. The molecular weight excluding hydrogens is 514 g/mol. The molecule has 0 radical (unpaired) electrons. The Kier molecular flexibility index (Phi) is 8.39. The van der Waals surface area contributed by atoms with Crippen LogP contribution in [0.4, 0.5) is 0 Å². The predicted octanol–water partition coefficient (Wildman–Crippen LogP) is 5.10. The number of nitrogens with one attached hydrogen (secondary N) is 1. The number of nitrogens with zero attached hydrogens (tertiary/aromatic N) is 2. The fourth-order valence-corrected chi connectivity index (χ4v) is 4.97. The Morgan fingerprint density at radius 2 is 1.68 bits per heavy atom. The highest BCUT2D eigenvalue weighted by Gasteiger charge is 2.26. The second kappa shape index (κ2) is 11.9. The molecule has 0 saturated carbocycles. The van der Waals surface area contributed by atoms with Crippen molar-refractivity contribution in [2.24, 2.45) is 5.10 Å². The van der Waals surface area contributed by atoms with Gasteiger partial charge in [0.15, 0.2) is 0 Å². The van der Waals surface area contributed by atoms with E-state index in [9.17, 15) is 13.2 Å². The van der Waals surface area contributed by atoms with Crippen LogP contribution < -0.4 is 10.2 Å². The van der Waals surface area contributed by atoms with Gasteiger partial charge in [0.25, 0.3) is 5.91 Å². The maximum Gasteiger partial charge on any atom is 0.271 e. The molecule has 0 aliphatic rings. The van der Waals surface area contributed by atoms with E-state index in [1.807, 2.05) is 30.3 Å². The van der Waals surface area contributed by atoms with Crippen molar-refractivity contribution in [3.05, 3.63) is 119 Å². The maximum atomic E-state index is 13.4. The number of hydrogen-bond acceptors (Lipinski definition) is 6. The number of carbonyl (C=O) groups excluding carboxylic acids is 1. The highest BCUT2D eigenvalue weighted by molar-refractivity contribution is 7.89. The SMILES string of the molecule is COc1ccc(C(=O)N/N=C\c2ccc(CN(Cc3ccccc3)S(=O)(=O)c3ccc(Cl)cc3)o2)cc1. The third-order valence-corrected chi connectivity index (χ3v) is 7.44. The second-order valence-electron chi connectivity index (χ2n) is 7.94. The van der Waals surface area contributed by atoms with Crippen LogP contribution in [0.2, 0.25) is 5.02 Å². The smallest absolute Gasteiger partial charge is 0.271 e. The first-order valence-electron chi connectivity index (χ1n) is 11.2. The molecule has 0 bridgehead atoms. The highest BCUT2D eigenvalue weighted by atomic mass is 35.5. The highest BCUT2D eigenvalue weighted by Crippen LogP contribution is 2.23. The molecule has 1 heterocycles. The lowest BCUT2D eigenvalue weighted by Gasteiger charge is -2.21. The van der Waals surface area contributed by atoms with Gasteiger partial charge in [-0.3, -0.25) is 4.79 Å². The lowest BCUT2D eigenvalue weighted by atomic mass is 10.2. The van der Waals surface area contributed by atoms with Gasteiger partial charge in [-0.1, -0.05) is 41.9 Å². The van der Waals surface area contributed by atoms with E-state index in [-0.39, 0.29) is 18.0 Å². The van der Waals surface area contributed by atoms with E-state index in [1.165, 1.54) is 34.8 Å². The van der Waals surface area contributed by atoms with Crippen LogP contribution in [0.3, 0.4) is 0 Å². The Hall–Kier alpha value is -3.92. The van der Waals surface area contributed by atoms with Gasteiger partial charge in [-0.15, -0.1) is 0 Å². The van der Waals surface area contributed by atoms with E-state index >= 15 is 0 Å². The van der Waals surface area contributed by atoms with Gasteiger partial charge >= 0.3 is 0 Å². The number of furan rings is 1. The van der Waals surface area contributed by atoms with Crippen molar-refractivity contribution < 1.29 is 22.4 Å². The number of hydrogen-bond donors (Lipinski definition) is 1. The molecule has 8 nitrogen and oxygen atoms in total. The van der Waals surface area contributed by atoms with Gasteiger partial charge in [0.2, 0.25) is 10.0 Å². The number of ether oxygens (including phenoxy) is 1. The number of rotatable bonds is 10. The number of methoxy groups -OCH3 is 1. The third kappa shape index (κ3) is 6.85. The summed E-state index contributed by atoms with van der Waals surface area (Å²) in [6.45, 7) is 0.139. The van der Waals surface area contributed by atoms with Crippen molar-refractivity contribution in [3.63, 3.8) is 0 Å². The average Bonchev–Trinajstić information content (AvgIpc) is 3.36. The largest absolute Gasteiger partial charge is 0.497 e. The summed E-state index contributed by atoms with van der Waals surface area (Å²) in [5.41, 5.74) is 3.68. The van der Waals surface area contributed by atoms with E-state index in [4.69, 9.17) is 20.8 Å². The molecule has 1 N–H and O–H groups in total. The van der Waals surface area contributed by atoms with Gasteiger partial charge in [0.1, 0.15) is 17.3 Å². The van der Waals surface area contributed by atoms with Crippen LogP contribution in [0.15, 0.2) is 105 Å². The van der Waals surface area contributed by atoms with E-state index in [1.54, 1.807) is 43.5 Å². The summed E-state index contributed by atoms with van der Waals surface area (Å²) in [4.78, 5) is 12.4. The number of halogens is 1. The quantitative estimate of drug-likeness (QED) is 0.224. The second-order valence-corrected chi connectivity index (χ2v) is 10.3. The normalized spacial score (nSPS) is 11.6. The first kappa shape index (κ1) is 26.2. The van der Waals surface area contributed by atoms with E-state index in [2.05, 4.69) is 10.5 Å². The van der Waals surface area contributed by atoms with E-state index in [0.29, 0.717) is 27.9 Å². The molecule has 0 aliphatic heterocycles. The van der Waals surface area contributed by atoms with E-state index < -0.39 is 15.9 Å². The van der Waals surface area contributed by atoms with E-state index in [0.717, 1.165) is 5.56 Å². The van der Waals surface area contributed by atoms with Crippen LogP contribution in [0.5, 0.6) is 5.75 Å². The lowest BCUT2D eigenvalue weighted by molar-refractivity contribution is 0.0955. The monoisotopic (exact) mass is 537 g/mol. The zero-order valence-electron chi connectivity index (χ0n) is 19.9. The molecule has 0 atom stereocenters. The summed E-state index contributed by atoms with van der Waals surface area (Å²) in [7, 11) is -2.31. The van der Waals surface area contributed by atoms with Crippen LogP contribution in [0.25, 0.3) is 0 Å². The van der Waals surface area contributed by atoms with Crippen LogP contribution in [0, 0.1) is 0 Å². The van der Waals surface area contributed by atoms with Crippen molar-refractivity contribution in [3.8, 4) is 5.75 Å². The topological polar surface area (TPSA) is 101 Å². The Morgan fingerprint density at radius 1 is 0.973 bits per heavy atom. The summed E-state index contributed by atoms with van der Waals surface area (Å²) in [5.74, 6) is 1.02. The molecule has 4 rings (SSSR count). The summed E-state index contributed by atoms with van der Waals surface area (Å²) >= 11 is 5.94. The van der Waals surface area contributed by atoms with Gasteiger partial charge < -0.3 is 9.15 Å². The number of sulfonamides is 1. The molecule has 0 spiro atoms. The van der Waals surface area contributed by atoms with Crippen LogP contribution in [0.1, 0.15) is 27.4 Å². The van der Waals surface area contributed by atoms with Gasteiger partial charge in [0.05, 0.1) is 24.8 Å². The summed E-state index contributed by atoms with van der Waals surface area (Å²) < 4.78 is 39.1. The molecule has 190 valence electrons. The summed E-state index contributed by atoms with van der Waals surface area (Å²) in [6.07, 6.45) is 1.35. The molecular formula is C27H24ClN3O5S. The molecule has 0 fully saturated rings. The Balaban J connectivity index is 1.47. The molecule has 1 aromatic heterocycles. The zero-order valence-corrected chi connectivity index (χ0v) is 21.4. The Labute approximate surface area is 220 Å². The molecule has 37 heavy (non-hydrogen) atoms. The molecule has 10 heteroatoms. The Morgan fingerprint density at radius 3 is 2.35 bits per heavy atom. The maximum absolute atomic E-state index is 13.4. The van der Waals surface area contributed by atoms with Crippen LogP contribution in [-0.2, 0) is 23.1 Å². The first-order valence-corrected chi connectivity index (χ1v) is 13.0. The predicted molar refractivity (Wildman–Crippen MR) is 141 cm³/mol. The number of amides is 1. The van der Waals surface area contributed by atoms with Crippen LogP contribution in [-0.4, -0.2) is 32.0 Å². The average molecular weight is 538 g/mol. The van der Waals surface area contributed by atoms with Crippen molar-refractivity contribution in [1.82, 2.24) is 9.73 Å². The summed E-state index contributed by atoms with van der Waals surface area (Å²) in [6, 6.07) is 25.2. The van der Waals surface area contributed by atoms with Gasteiger partial charge in [-0.05, 0) is 66.2 Å². The molecule has 4 aromatic rings. The van der Waals surface area contributed by atoms with Gasteiger partial charge in [0, 0.05) is 17.1 Å². The molecule has 0 saturated heterocycles. The minimum atomic E-state index is -3.85. The van der Waals surface area contributed by atoms with Crippen molar-refractivity contribution in [1.29, 1.82) is 0 Å².